The molecule has 2 aromatic heterocycles. The maximum Gasteiger partial charge on any atom is 0.161 e. The van der Waals surface area contributed by atoms with Crippen molar-refractivity contribution in [3.05, 3.63) is 36.3 Å². The lowest BCUT2D eigenvalue weighted by Gasteiger charge is -2.06. The molecule has 0 unspecified atom stereocenters. The number of hydrogen-bond donors (Lipinski definition) is 1. The maximum atomic E-state index is 4.44. The summed E-state index contributed by atoms with van der Waals surface area (Å²) in [7, 11) is 0. The highest BCUT2D eigenvalue weighted by Crippen LogP contribution is 2.16. The first kappa shape index (κ1) is 10.5. The first-order valence-electron chi connectivity index (χ1n) is 5.29. The van der Waals surface area contributed by atoms with Gasteiger partial charge in [0.2, 0.25) is 0 Å². The van der Waals surface area contributed by atoms with E-state index in [0.717, 1.165) is 29.4 Å². The molecule has 2 aromatic rings. The smallest absolute Gasteiger partial charge is 0.161 e. The van der Waals surface area contributed by atoms with Crippen LogP contribution >= 0.6 is 0 Å². The Bertz CT molecular complexity index is 468. The van der Waals surface area contributed by atoms with Gasteiger partial charge in [-0.2, -0.15) is 0 Å². The first-order valence-corrected chi connectivity index (χ1v) is 5.29. The summed E-state index contributed by atoms with van der Waals surface area (Å²) in [5, 5.41) is 3.19. The van der Waals surface area contributed by atoms with Gasteiger partial charge in [0.15, 0.2) is 5.82 Å². The first-order chi connectivity index (χ1) is 7.79. The number of nitrogens with zero attached hydrogens (tertiary/aromatic N) is 3. The molecule has 0 spiro atoms. The highest BCUT2D eigenvalue weighted by Gasteiger charge is 2.03. The Kier molecular flexibility index (Phi) is 3.10. The van der Waals surface area contributed by atoms with Crippen molar-refractivity contribution in [1.29, 1.82) is 0 Å². The summed E-state index contributed by atoms with van der Waals surface area (Å²) in [4.78, 5) is 12.8. The van der Waals surface area contributed by atoms with Gasteiger partial charge in [0, 0.05) is 36.3 Å². The lowest BCUT2D eigenvalue weighted by molar-refractivity contribution is 1.08. The number of aryl methyl sites for hydroxylation is 1. The lowest BCUT2D eigenvalue weighted by Crippen LogP contribution is -2.02. The Hall–Kier alpha value is -1.97. The van der Waals surface area contributed by atoms with Gasteiger partial charge in [-0.25, -0.2) is 9.97 Å². The van der Waals surface area contributed by atoms with Gasteiger partial charge in [-0.3, -0.25) is 4.98 Å². The van der Waals surface area contributed by atoms with Gasteiger partial charge >= 0.3 is 0 Å². The largest absolute Gasteiger partial charge is 0.370 e. The minimum absolute atomic E-state index is 0.735. The highest BCUT2D eigenvalue weighted by atomic mass is 15.0. The van der Waals surface area contributed by atoms with Crippen LogP contribution in [0.3, 0.4) is 0 Å². The van der Waals surface area contributed by atoms with E-state index in [1.165, 1.54) is 0 Å². The molecule has 82 valence electrons. The van der Waals surface area contributed by atoms with Gasteiger partial charge in [-0.15, -0.1) is 0 Å². The zero-order valence-electron chi connectivity index (χ0n) is 9.44. The van der Waals surface area contributed by atoms with Gasteiger partial charge < -0.3 is 5.32 Å². The van der Waals surface area contributed by atoms with Crippen LogP contribution in [0.5, 0.6) is 0 Å². The second kappa shape index (κ2) is 4.70. The van der Waals surface area contributed by atoms with Crippen LogP contribution in [-0.2, 0) is 0 Å². The topological polar surface area (TPSA) is 50.7 Å². The number of rotatable bonds is 3. The van der Waals surface area contributed by atoms with Crippen LogP contribution in [0.25, 0.3) is 11.4 Å². The molecule has 4 nitrogen and oxygen atoms in total. The van der Waals surface area contributed by atoms with Crippen LogP contribution in [0.1, 0.15) is 12.6 Å². The Morgan fingerprint density at radius 1 is 1.19 bits per heavy atom. The Morgan fingerprint density at radius 2 is 1.94 bits per heavy atom. The van der Waals surface area contributed by atoms with Gasteiger partial charge in [0.1, 0.15) is 5.82 Å². The molecule has 4 heteroatoms. The zero-order valence-corrected chi connectivity index (χ0v) is 9.44. The number of hydrogen-bond acceptors (Lipinski definition) is 4. The molecule has 16 heavy (non-hydrogen) atoms. The predicted molar refractivity (Wildman–Crippen MR) is 64.2 cm³/mol. The summed E-state index contributed by atoms with van der Waals surface area (Å²) in [5.41, 5.74) is 1.94. The predicted octanol–water partition coefficient (Wildman–Crippen LogP) is 2.28. The van der Waals surface area contributed by atoms with Crippen molar-refractivity contribution in [1.82, 2.24) is 15.0 Å². The minimum atomic E-state index is 0.735. The van der Waals surface area contributed by atoms with Crippen molar-refractivity contribution in [2.24, 2.45) is 0 Å². The molecule has 0 bridgehead atoms. The molecule has 2 heterocycles. The molecule has 0 radical (unpaired) electrons. The Labute approximate surface area is 94.8 Å². The summed E-state index contributed by atoms with van der Waals surface area (Å²) in [6.07, 6.45) is 3.49. The van der Waals surface area contributed by atoms with Crippen molar-refractivity contribution in [2.75, 3.05) is 11.9 Å². The summed E-state index contributed by atoms with van der Waals surface area (Å²) < 4.78 is 0. The van der Waals surface area contributed by atoms with E-state index in [-0.39, 0.29) is 0 Å². The van der Waals surface area contributed by atoms with Gasteiger partial charge in [-0.05, 0) is 26.0 Å². The van der Waals surface area contributed by atoms with Crippen molar-refractivity contribution in [3.8, 4) is 11.4 Å². The van der Waals surface area contributed by atoms with E-state index in [0.29, 0.717) is 0 Å². The standard InChI is InChI=1S/C12H14N4/c1-3-14-11-8-9(2)15-12(16-11)10-4-6-13-7-5-10/h4-8H,3H2,1-2H3,(H,14,15,16). The second-order valence-electron chi connectivity index (χ2n) is 3.48. The van der Waals surface area contributed by atoms with Crippen molar-refractivity contribution in [2.45, 2.75) is 13.8 Å². The zero-order chi connectivity index (χ0) is 11.4. The summed E-state index contributed by atoms with van der Waals surface area (Å²) in [6.45, 7) is 4.86. The molecule has 2 rings (SSSR count). The van der Waals surface area contributed by atoms with E-state index in [9.17, 15) is 0 Å². The third-order valence-electron chi connectivity index (χ3n) is 2.15. The van der Waals surface area contributed by atoms with E-state index in [2.05, 4.69) is 20.3 Å². The molecule has 0 aliphatic rings. The normalized spacial score (nSPS) is 10.1. The number of anilines is 1. The molecule has 0 saturated carbocycles. The SMILES string of the molecule is CCNc1cc(C)nc(-c2ccncc2)n1. The van der Waals surface area contributed by atoms with Crippen molar-refractivity contribution >= 4 is 5.82 Å². The molecular weight excluding hydrogens is 200 g/mol. The van der Waals surface area contributed by atoms with Crippen LogP contribution in [-0.4, -0.2) is 21.5 Å². The molecule has 0 aliphatic heterocycles. The number of aromatic nitrogens is 3. The van der Waals surface area contributed by atoms with Crippen LogP contribution in [0.15, 0.2) is 30.6 Å². The lowest BCUT2D eigenvalue weighted by atomic mass is 10.2. The summed E-state index contributed by atoms with van der Waals surface area (Å²) in [5.74, 6) is 1.60. The van der Waals surface area contributed by atoms with Crippen molar-refractivity contribution < 1.29 is 0 Å². The monoisotopic (exact) mass is 214 g/mol. The van der Waals surface area contributed by atoms with Crippen LogP contribution in [0.2, 0.25) is 0 Å². The van der Waals surface area contributed by atoms with Crippen LogP contribution < -0.4 is 5.32 Å². The summed E-state index contributed by atoms with van der Waals surface area (Å²) in [6, 6.07) is 5.75. The fourth-order valence-electron chi connectivity index (χ4n) is 1.47. The fraction of sp³-hybridized carbons (Fsp3) is 0.250. The molecule has 0 aromatic carbocycles. The average molecular weight is 214 g/mol. The third-order valence-corrected chi connectivity index (χ3v) is 2.15. The molecule has 0 saturated heterocycles. The molecule has 0 atom stereocenters. The van der Waals surface area contributed by atoms with Crippen LogP contribution in [0, 0.1) is 6.92 Å². The summed E-state index contributed by atoms with van der Waals surface area (Å²) >= 11 is 0. The number of pyridine rings is 1. The van der Waals surface area contributed by atoms with E-state index in [4.69, 9.17) is 0 Å². The van der Waals surface area contributed by atoms with Gasteiger partial charge in [0.25, 0.3) is 0 Å². The van der Waals surface area contributed by atoms with Gasteiger partial charge in [0.05, 0.1) is 0 Å². The third kappa shape index (κ3) is 2.34. The minimum Gasteiger partial charge on any atom is -0.370 e. The molecule has 1 N–H and O–H groups in total. The fourth-order valence-corrected chi connectivity index (χ4v) is 1.47. The van der Waals surface area contributed by atoms with Crippen LogP contribution in [0.4, 0.5) is 5.82 Å². The Morgan fingerprint density at radius 3 is 2.62 bits per heavy atom. The van der Waals surface area contributed by atoms with E-state index >= 15 is 0 Å². The van der Waals surface area contributed by atoms with Gasteiger partial charge in [-0.1, -0.05) is 0 Å². The quantitative estimate of drug-likeness (QED) is 0.851. The maximum absolute atomic E-state index is 4.44. The van der Waals surface area contributed by atoms with E-state index in [1.54, 1.807) is 12.4 Å². The highest BCUT2D eigenvalue weighted by molar-refractivity contribution is 5.56. The molecule has 0 fully saturated rings. The van der Waals surface area contributed by atoms with E-state index in [1.807, 2.05) is 32.0 Å². The number of nitrogens with one attached hydrogen (secondary N) is 1. The molecule has 0 aliphatic carbocycles. The van der Waals surface area contributed by atoms with Crippen molar-refractivity contribution in [3.63, 3.8) is 0 Å². The molecule has 0 amide bonds. The van der Waals surface area contributed by atoms with E-state index < -0.39 is 0 Å². The second-order valence-corrected chi connectivity index (χ2v) is 3.48. The average Bonchev–Trinajstić information content (AvgIpc) is 2.30. The Balaban J connectivity index is 2.41. The molecular formula is C12H14N4.